The predicted octanol–water partition coefficient (Wildman–Crippen LogP) is 4.04. The standard InChI is InChI=1S/C31H38N6O4/c1-21-7-4-5-8-26(21)36-15-17-37(18-16-36)27-13-12-23(29(39)32-14-6-9-28(38)35(2)3)19-24(27)33-30(40)25-20-41-31(34-25)22-10-11-22/h4-5,7-8,12-13,19-20,22H,6,9-11,14-18H2,1-3H3,(H,32,39)(H,33,40). The van der Waals surface area contributed by atoms with Gasteiger partial charge in [-0.15, -0.1) is 0 Å². The van der Waals surface area contributed by atoms with Crippen LogP contribution < -0.4 is 20.4 Å². The highest BCUT2D eigenvalue weighted by Crippen LogP contribution is 2.39. The molecule has 0 bridgehead atoms. The van der Waals surface area contributed by atoms with Crippen molar-refractivity contribution in [3.8, 4) is 0 Å². The molecule has 2 heterocycles. The van der Waals surface area contributed by atoms with E-state index in [0.29, 0.717) is 42.4 Å². The molecule has 10 heteroatoms. The molecule has 0 radical (unpaired) electrons. The van der Waals surface area contributed by atoms with Gasteiger partial charge in [-0.05, 0) is 56.0 Å². The Hall–Kier alpha value is -4.34. The van der Waals surface area contributed by atoms with E-state index in [2.05, 4.69) is 50.5 Å². The van der Waals surface area contributed by atoms with E-state index >= 15 is 0 Å². The number of anilines is 3. The van der Waals surface area contributed by atoms with Gasteiger partial charge >= 0.3 is 0 Å². The Kier molecular flexibility index (Phi) is 8.56. The number of aryl methyl sites for hydroxylation is 1. The maximum Gasteiger partial charge on any atom is 0.277 e. The summed E-state index contributed by atoms with van der Waals surface area (Å²) >= 11 is 0. The Labute approximate surface area is 240 Å². The summed E-state index contributed by atoms with van der Waals surface area (Å²) < 4.78 is 5.53. The third kappa shape index (κ3) is 6.87. The third-order valence-corrected chi connectivity index (χ3v) is 7.62. The minimum Gasteiger partial charge on any atom is -0.448 e. The lowest BCUT2D eigenvalue weighted by Crippen LogP contribution is -2.47. The number of hydrogen-bond acceptors (Lipinski definition) is 7. The minimum atomic E-state index is -0.375. The summed E-state index contributed by atoms with van der Waals surface area (Å²) in [6.07, 6.45) is 4.37. The van der Waals surface area contributed by atoms with E-state index in [9.17, 15) is 14.4 Å². The first-order valence-corrected chi connectivity index (χ1v) is 14.2. The summed E-state index contributed by atoms with van der Waals surface area (Å²) in [5.74, 6) is 0.292. The van der Waals surface area contributed by atoms with E-state index in [4.69, 9.17) is 4.42 Å². The van der Waals surface area contributed by atoms with E-state index in [1.54, 1.807) is 31.1 Å². The number of oxazole rings is 1. The zero-order valence-corrected chi connectivity index (χ0v) is 24.0. The van der Waals surface area contributed by atoms with Crippen molar-refractivity contribution in [1.29, 1.82) is 0 Å². The van der Waals surface area contributed by atoms with Crippen LogP contribution in [0.25, 0.3) is 0 Å². The molecule has 1 aliphatic heterocycles. The van der Waals surface area contributed by atoms with Gasteiger partial charge in [-0.25, -0.2) is 4.98 Å². The fourth-order valence-corrected chi connectivity index (χ4v) is 5.02. The molecule has 3 amide bonds. The van der Waals surface area contributed by atoms with Crippen molar-refractivity contribution < 1.29 is 18.8 Å². The van der Waals surface area contributed by atoms with Crippen LogP contribution in [-0.4, -0.2) is 74.4 Å². The zero-order chi connectivity index (χ0) is 28.9. The van der Waals surface area contributed by atoms with Crippen LogP contribution in [0.2, 0.25) is 0 Å². The van der Waals surface area contributed by atoms with Crippen LogP contribution in [0.4, 0.5) is 17.1 Å². The topological polar surface area (TPSA) is 111 Å². The maximum absolute atomic E-state index is 13.2. The molecule has 2 N–H and O–H groups in total. The van der Waals surface area contributed by atoms with Gasteiger partial charge in [-0.2, -0.15) is 0 Å². The van der Waals surface area contributed by atoms with Crippen LogP contribution in [0.15, 0.2) is 53.1 Å². The Morgan fingerprint density at radius 2 is 1.68 bits per heavy atom. The quantitative estimate of drug-likeness (QED) is 0.362. The first-order chi connectivity index (χ1) is 19.8. The fraction of sp³-hybridized carbons (Fsp3) is 0.419. The number of amides is 3. The molecule has 41 heavy (non-hydrogen) atoms. The molecular weight excluding hydrogens is 520 g/mol. The van der Waals surface area contributed by atoms with Crippen molar-refractivity contribution in [3.63, 3.8) is 0 Å². The molecule has 3 aromatic rings. The molecule has 1 saturated carbocycles. The van der Waals surface area contributed by atoms with Crippen LogP contribution >= 0.6 is 0 Å². The highest BCUT2D eigenvalue weighted by atomic mass is 16.3. The number of aromatic nitrogens is 1. The lowest BCUT2D eigenvalue weighted by Gasteiger charge is -2.38. The highest BCUT2D eigenvalue weighted by Gasteiger charge is 2.30. The smallest absolute Gasteiger partial charge is 0.277 e. The van der Waals surface area contributed by atoms with Gasteiger partial charge < -0.3 is 29.8 Å². The number of carbonyl (C=O) groups excluding carboxylic acids is 3. The minimum absolute atomic E-state index is 0.0221. The number of benzene rings is 2. The average Bonchev–Trinajstić information content (AvgIpc) is 3.71. The van der Waals surface area contributed by atoms with E-state index in [1.807, 2.05) is 12.1 Å². The van der Waals surface area contributed by atoms with Gasteiger partial charge in [0.05, 0.1) is 11.4 Å². The molecule has 0 spiro atoms. The third-order valence-electron chi connectivity index (χ3n) is 7.62. The van der Waals surface area contributed by atoms with Crippen molar-refractivity contribution in [2.24, 2.45) is 0 Å². The Morgan fingerprint density at radius 3 is 2.37 bits per heavy atom. The number of hydrogen-bond donors (Lipinski definition) is 2. The van der Waals surface area contributed by atoms with E-state index < -0.39 is 0 Å². The summed E-state index contributed by atoms with van der Waals surface area (Å²) in [6.45, 7) is 5.70. The summed E-state index contributed by atoms with van der Waals surface area (Å²) in [4.78, 5) is 48.5. The van der Waals surface area contributed by atoms with Gasteiger partial charge in [-0.3, -0.25) is 14.4 Å². The van der Waals surface area contributed by atoms with Crippen LogP contribution in [0.5, 0.6) is 0 Å². The number of nitrogens with one attached hydrogen (secondary N) is 2. The van der Waals surface area contributed by atoms with Crippen molar-refractivity contribution in [1.82, 2.24) is 15.2 Å². The normalized spacial score (nSPS) is 15.0. The predicted molar refractivity (Wildman–Crippen MR) is 159 cm³/mol. The molecule has 1 saturated heterocycles. The molecule has 2 aromatic carbocycles. The summed E-state index contributed by atoms with van der Waals surface area (Å²) in [5.41, 5.74) is 4.53. The summed E-state index contributed by atoms with van der Waals surface area (Å²) in [6, 6.07) is 13.8. The second-order valence-electron chi connectivity index (χ2n) is 10.9. The lowest BCUT2D eigenvalue weighted by atomic mass is 10.1. The van der Waals surface area contributed by atoms with Gasteiger partial charge in [0.2, 0.25) is 5.91 Å². The number of nitrogens with zero attached hydrogens (tertiary/aromatic N) is 4. The van der Waals surface area contributed by atoms with Gasteiger partial charge in [0.1, 0.15) is 6.26 Å². The van der Waals surface area contributed by atoms with Crippen molar-refractivity contribution in [2.45, 2.75) is 38.5 Å². The van der Waals surface area contributed by atoms with E-state index in [0.717, 1.165) is 44.7 Å². The van der Waals surface area contributed by atoms with Gasteiger partial charge in [-0.1, -0.05) is 18.2 Å². The molecule has 10 nitrogen and oxygen atoms in total. The molecule has 2 aliphatic rings. The number of rotatable bonds is 10. The average molecular weight is 559 g/mol. The van der Waals surface area contributed by atoms with Gasteiger partial charge in [0.15, 0.2) is 11.6 Å². The van der Waals surface area contributed by atoms with Crippen LogP contribution in [-0.2, 0) is 4.79 Å². The molecule has 0 unspecified atom stereocenters. The SMILES string of the molecule is Cc1ccccc1N1CCN(c2ccc(C(=O)NCCCC(=O)N(C)C)cc2NC(=O)c2coc(C3CC3)n2)CC1. The lowest BCUT2D eigenvalue weighted by molar-refractivity contribution is -0.128. The van der Waals surface area contributed by atoms with Crippen molar-refractivity contribution >= 4 is 34.8 Å². The first-order valence-electron chi connectivity index (χ1n) is 14.2. The second-order valence-corrected chi connectivity index (χ2v) is 10.9. The molecule has 0 atom stereocenters. The largest absolute Gasteiger partial charge is 0.448 e. The van der Waals surface area contributed by atoms with Crippen LogP contribution in [0.1, 0.15) is 63.9 Å². The van der Waals surface area contributed by atoms with Crippen molar-refractivity contribution in [3.05, 3.63) is 71.4 Å². The molecular formula is C31H38N6O4. The molecule has 5 rings (SSSR count). The van der Waals surface area contributed by atoms with Crippen molar-refractivity contribution in [2.75, 3.05) is 61.9 Å². The summed E-state index contributed by atoms with van der Waals surface area (Å²) in [7, 11) is 3.43. The van der Waals surface area contributed by atoms with E-state index in [-0.39, 0.29) is 23.4 Å². The summed E-state index contributed by atoms with van der Waals surface area (Å²) in [5, 5.41) is 5.88. The van der Waals surface area contributed by atoms with Gasteiger partial charge in [0, 0.05) is 70.4 Å². The number of carbonyl (C=O) groups is 3. The first kappa shape index (κ1) is 28.2. The zero-order valence-electron chi connectivity index (χ0n) is 24.0. The number of piperazine rings is 1. The maximum atomic E-state index is 13.2. The molecule has 1 aromatic heterocycles. The highest BCUT2D eigenvalue weighted by molar-refractivity contribution is 6.06. The Morgan fingerprint density at radius 1 is 0.976 bits per heavy atom. The van der Waals surface area contributed by atoms with E-state index in [1.165, 1.54) is 17.5 Å². The molecule has 216 valence electrons. The Balaban J connectivity index is 1.30. The monoisotopic (exact) mass is 558 g/mol. The molecule has 2 fully saturated rings. The fourth-order valence-electron chi connectivity index (χ4n) is 5.02. The second kappa shape index (κ2) is 12.4. The van der Waals surface area contributed by atoms with Crippen LogP contribution in [0, 0.1) is 6.92 Å². The molecule has 1 aliphatic carbocycles. The van der Waals surface area contributed by atoms with Gasteiger partial charge in [0.25, 0.3) is 11.8 Å². The number of para-hydroxylation sites is 1. The van der Waals surface area contributed by atoms with Crippen LogP contribution in [0.3, 0.4) is 0 Å². The Bertz CT molecular complexity index is 1410.